The quantitative estimate of drug-likeness (QED) is 0.411. The minimum Gasteiger partial charge on any atom is -0.391 e. The summed E-state index contributed by atoms with van der Waals surface area (Å²) in [5.74, 6) is 0. The molecule has 0 fully saturated rings. The molecule has 14 heavy (non-hydrogen) atoms. The molecule has 76 valence electrons. The van der Waals surface area contributed by atoms with E-state index in [4.69, 9.17) is 0 Å². The molecule has 0 saturated carbocycles. The Morgan fingerprint density at radius 2 is 2.00 bits per heavy atom. The largest absolute Gasteiger partial charge is 0.391 e. The van der Waals surface area contributed by atoms with E-state index in [0.29, 0.717) is 0 Å². The van der Waals surface area contributed by atoms with E-state index in [1.807, 2.05) is 20.9 Å². The van der Waals surface area contributed by atoms with Gasteiger partial charge in [0, 0.05) is 30.9 Å². The van der Waals surface area contributed by atoms with Crippen LogP contribution in [0.1, 0.15) is 13.8 Å². The predicted molar refractivity (Wildman–Crippen MR) is 63.6 cm³/mol. The summed E-state index contributed by atoms with van der Waals surface area (Å²) in [4.78, 5) is 4.21. The zero-order chi connectivity index (χ0) is 11.1. The Labute approximate surface area is 86.4 Å². The van der Waals surface area contributed by atoms with E-state index < -0.39 is 0 Å². The molecular weight excluding hydrogens is 172 g/mol. The van der Waals surface area contributed by atoms with Crippen LogP contribution < -0.4 is 5.32 Å². The second-order valence-electron chi connectivity index (χ2n) is 2.87. The van der Waals surface area contributed by atoms with Crippen LogP contribution in [0.15, 0.2) is 46.8 Å². The Hall–Kier alpha value is -1.53. The maximum Gasteiger partial charge on any atom is 0.0766 e. The molecule has 1 N–H and O–H groups in total. The molecule has 0 bridgehead atoms. The number of hydrogen-bond acceptors (Lipinski definition) is 2. The van der Waals surface area contributed by atoms with Gasteiger partial charge in [-0.3, -0.25) is 4.99 Å². The monoisotopic (exact) mass is 190 g/mol. The Morgan fingerprint density at radius 3 is 2.29 bits per heavy atom. The van der Waals surface area contributed by atoms with Crippen LogP contribution >= 0.6 is 0 Å². The maximum absolute atomic E-state index is 4.21. The highest BCUT2D eigenvalue weighted by Crippen LogP contribution is 2.11. The van der Waals surface area contributed by atoms with Crippen molar-refractivity contribution in [1.82, 2.24) is 5.32 Å². The fraction of sp³-hybridized carbons (Fsp3) is 0.333. The summed E-state index contributed by atoms with van der Waals surface area (Å²) in [5.41, 5.74) is 6.67. The van der Waals surface area contributed by atoms with Gasteiger partial charge >= 0.3 is 0 Å². The van der Waals surface area contributed by atoms with Crippen molar-refractivity contribution >= 4 is 5.71 Å². The first-order valence-corrected chi connectivity index (χ1v) is 4.47. The van der Waals surface area contributed by atoms with Crippen LogP contribution in [-0.2, 0) is 0 Å². The van der Waals surface area contributed by atoms with Crippen molar-refractivity contribution in [2.75, 3.05) is 14.1 Å². The molecule has 0 aromatic carbocycles. The Morgan fingerprint density at radius 1 is 1.43 bits per heavy atom. The summed E-state index contributed by atoms with van der Waals surface area (Å²) < 4.78 is 0. The molecule has 0 heterocycles. The van der Waals surface area contributed by atoms with Crippen LogP contribution in [0.25, 0.3) is 0 Å². The zero-order valence-electron chi connectivity index (χ0n) is 9.44. The first kappa shape index (κ1) is 12.5. The van der Waals surface area contributed by atoms with Gasteiger partial charge in [0.05, 0.1) is 5.71 Å². The summed E-state index contributed by atoms with van der Waals surface area (Å²) >= 11 is 0. The fourth-order valence-corrected chi connectivity index (χ4v) is 1.14. The van der Waals surface area contributed by atoms with E-state index in [0.717, 1.165) is 22.6 Å². The van der Waals surface area contributed by atoms with Crippen molar-refractivity contribution in [3.8, 4) is 0 Å². The minimum absolute atomic E-state index is 0.877. The molecule has 0 saturated heterocycles. The summed E-state index contributed by atoms with van der Waals surface area (Å²) in [6, 6.07) is 0. The average Bonchev–Trinajstić information content (AvgIpc) is 2.23. The standard InChI is InChI=1S/C12H18N2/c1-7-9(3)12(14-6)11(8-2)10(4)13-5/h8,13H,1-2H2,3-6H3. The molecule has 0 aromatic rings. The SMILES string of the molecule is C=C=C(C)C(=NC)C(C=C)=C(C)NC. The van der Waals surface area contributed by atoms with Gasteiger partial charge in [-0.1, -0.05) is 19.2 Å². The van der Waals surface area contributed by atoms with Crippen molar-refractivity contribution in [3.05, 3.63) is 41.8 Å². The molecule has 0 aliphatic rings. The normalized spacial score (nSPS) is 12.7. The highest BCUT2D eigenvalue weighted by atomic mass is 14.8. The first-order chi connectivity index (χ1) is 6.62. The number of hydrogen-bond donors (Lipinski definition) is 1. The molecule has 0 rings (SSSR count). The van der Waals surface area contributed by atoms with Crippen LogP contribution in [0.5, 0.6) is 0 Å². The summed E-state index contributed by atoms with van der Waals surface area (Å²) in [7, 11) is 3.63. The molecule has 0 aromatic heterocycles. The fourth-order valence-electron chi connectivity index (χ4n) is 1.14. The summed E-state index contributed by atoms with van der Waals surface area (Å²) in [5, 5.41) is 3.08. The van der Waals surface area contributed by atoms with Gasteiger partial charge in [0.15, 0.2) is 0 Å². The van der Waals surface area contributed by atoms with Crippen molar-refractivity contribution in [1.29, 1.82) is 0 Å². The topological polar surface area (TPSA) is 24.4 Å². The predicted octanol–water partition coefficient (Wildman–Crippen LogP) is 2.47. The Kier molecular flexibility index (Phi) is 5.35. The van der Waals surface area contributed by atoms with E-state index in [2.05, 4.69) is 29.2 Å². The lowest BCUT2D eigenvalue weighted by Gasteiger charge is -2.10. The second-order valence-corrected chi connectivity index (χ2v) is 2.87. The molecule has 0 aliphatic heterocycles. The Bertz CT molecular complexity index is 326. The average molecular weight is 190 g/mol. The van der Waals surface area contributed by atoms with Crippen molar-refractivity contribution < 1.29 is 0 Å². The van der Waals surface area contributed by atoms with Crippen molar-refractivity contribution in [2.45, 2.75) is 13.8 Å². The molecule has 0 unspecified atom stereocenters. The van der Waals surface area contributed by atoms with Gasteiger partial charge in [-0.25, -0.2) is 0 Å². The van der Waals surface area contributed by atoms with Crippen LogP contribution in [-0.4, -0.2) is 19.8 Å². The third kappa shape index (κ3) is 2.75. The smallest absolute Gasteiger partial charge is 0.0766 e. The van der Waals surface area contributed by atoms with Gasteiger partial charge in [-0.05, 0) is 13.8 Å². The van der Waals surface area contributed by atoms with E-state index in [1.165, 1.54) is 0 Å². The summed E-state index contributed by atoms with van der Waals surface area (Å²) in [6.07, 6.45) is 1.79. The van der Waals surface area contributed by atoms with Gasteiger partial charge in [0.25, 0.3) is 0 Å². The molecule has 0 aliphatic carbocycles. The molecule has 2 nitrogen and oxygen atoms in total. The van der Waals surface area contributed by atoms with Crippen LogP contribution in [0.4, 0.5) is 0 Å². The van der Waals surface area contributed by atoms with Gasteiger partial charge in [-0.2, -0.15) is 0 Å². The molecule has 2 heteroatoms. The number of rotatable bonds is 4. The summed E-state index contributed by atoms with van der Waals surface area (Å²) in [6.45, 7) is 11.3. The molecule has 0 atom stereocenters. The van der Waals surface area contributed by atoms with Gasteiger partial charge in [0.1, 0.15) is 0 Å². The Balaban J connectivity index is 5.44. The third-order valence-corrected chi connectivity index (χ3v) is 2.08. The highest BCUT2D eigenvalue weighted by molar-refractivity contribution is 6.13. The number of nitrogens with one attached hydrogen (secondary N) is 1. The molecular formula is C12H18N2. The maximum atomic E-state index is 4.21. The van der Waals surface area contributed by atoms with Gasteiger partial charge < -0.3 is 5.32 Å². The van der Waals surface area contributed by atoms with Crippen molar-refractivity contribution in [2.24, 2.45) is 4.99 Å². The zero-order valence-corrected chi connectivity index (χ0v) is 9.44. The van der Waals surface area contributed by atoms with Crippen LogP contribution in [0.2, 0.25) is 0 Å². The second kappa shape index (κ2) is 6.01. The van der Waals surface area contributed by atoms with E-state index in [1.54, 1.807) is 13.1 Å². The third-order valence-electron chi connectivity index (χ3n) is 2.08. The number of nitrogens with zero attached hydrogens (tertiary/aromatic N) is 1. The van der Waals surface area contributed by atoms with E-state index in [-0.39, 0.29) is 0 Å². The number of aliphatic imine (C=N–C) groups is 1. The molecule has 0 amide bonds. The molecule has 0 spiro atoms. The van der Waals surface area contributed by atoms with Crippen LogP contribution in [0.3, 0.4) is 0 Å². The lowest BCUT2D eigenvalue weighted by molar-refractivity contribution is 0.981. The van der Waals surface area contributed by atoms with Crippen molar-refractivity contribution in [3.63, 3.8) is 0 Å². The molecule has 0 radical (unpaired) electrons. The first-order valence-electron chi connectivity index (χ1n) is 4.47. The minimum atomic E-state index is 0.877. The van der Waals surface area contributed by atoms with Crippen LogP contribution in [0, 0.1) is 0 Å². The van der Waals surface area contributed by atoms with E-state index in [9.17, 15) is 0 Å². The highest BCUT2D eigenvalue weighted by Gasteiger charge is 2.07. The van der Waals surface area contributed by atoms with Gasteiger partial charge in [0.2, 0.25) is 0 Å². The lowest BCUT2D eigenvalue weighted by Crippen LogP contribution is -2.12. The lowest BCUT2D eigenvalue weighted by atomic mass is 10.0. The number of allylic oxidation sites excluding steroid dienone is 4. The van der Waals surface area contributed by atoms with Gasteiger partial charge in [-0.15, -0.1) is 5.73 Å². The van der Waals surface area contributed by atoms with E-state index >= 15 is 0 Å².